The minimum absolute atomic E-state index is 0.184. The van der Waals surface area contributed by atoms with Crippen LogP contribution in [0, 0.1) is 5.82 Å². The average molecular weight is 166 g/mol. The fourth-order valence-electron chi connectivity index (χ4n) is 1.46. The topological polar surface area (TPSA) is 15.3 Å². The van der Waals surface area contributed by atoms with Crippen LogP contribution < -0.4 is 10.2 Å². The van der Waals surface area contributed by atoms with Crippen LogP contribution in [0.3, 0.4) is 0 Å². The zero-order valence-corrected chi connectivity index (χ0v) is 6.97. The Labute approximate surface area is 71.0 Å². The third-order valence-corrected chi connectivity index (χ3v) is 2.13. The number of anilines is 2. The average Bonchev–Trinajstić information content (AvgIpc) is 2.04. The Balaban J connectivity index is 2.46. The van der Waals surface area contributed by atoms with Crippen LogP contribution in [0.4, 0.5) is 15.8 Å². The summed E-state index contributed by atoms with van der Waals surface area (Å²) in [7, 11) is 2.01. The molecule has 2 nitrogen and oxygen atoms in total. The van der Waals surface area contributed by atoms with E-state index in [-0.39, 0.29) is 5.82 Å². The number of nitrogens with one attached hydrogen (secondary N) is 1. The number of benzene rings is 1. The zero-order chi connectivity index (χ0) is 8.55. The minimum Gasteiger partial charge on any atom is -0.382 e. The molecule has 0 bridgehead atoms. The minimum atomic E-state index is -0.184. The number of nitrogens with zero attached hydrogens (tertiary/aromatic N) is 1. The Morgan fingerprint density at radius 1 is 1.50 bits per heavy atom. The van der Waals surface area contributed by atoms with Crippen LogP contribution in [0.2, 0.25) is 0 Å². The van der Waals surface area contributed by atoms with Gasteiger partial charge in [0.15, 0.2) is 0 Å². The van der Waals surface area contributed by atoms with E-state index >= 15 is 0 Å². The van der Waals surface area contributed by atoms with E-state index < -0.39 is 0 Å². The second-order valence-electron chi connectivity index (χ2n) is 3.01. The summed E-state index contributed by atoms with van der Waals surface area (Å²) in [6.45, 7) is 1.85. The molecule has 3 heteroatoms. The second kappa shape index (κ2) is 2.66. The number of halogens is 1. The highest BCUT2D eigenvalue weighted by atomic mass is 19.1. The fourth-order valence-corrected chi connectivity index (χ4v) is 1.46. The van der Waals surface area contributed by atoms with Crippen LogP contribution >= 0.6 is 0 Å². The van der Waals surface area contributed by atoms with Crippen molar-refractivity contribution in [3.63, 3.8) is 0 Å². The monoisotopic (exact) mass is 166 g/mol. The van der Waals surface area contributed by atoms with Gasteiger partial charge in [-0.15, -0.1) is 0 Å². The van der Waals surface area contributed by atoms with E-state index in [0.29, 0.717) is 0 Å². The molecule has 1 aromatic rings. The predicted molar refractivity (Wildman–Crippen MR) is 48.2 cm³/mol. The normalized spacial score (nSPS) is 15.3. The SMILES string of the molecule is CN1CCNc2cc(F)ccc21. The van der Waals surface area contributed by atoms with Crippen LogP contribution in [0.25, 0.3) is 0 Å². The highest BCUT2D eigenvalue weighted by molar-refractivity contribution is 5.71. The third-order valence-electron chi connectivity index (χ3n) is 2.13. The number of hydrogen-bond acceptors (Lipinski definition) is 2. The molecule has 0 atom stereocenters. The van der Waals surface area contributed by atoms with Crippen molar-refractivity contribution >= 4 is 11.4 Å². The summed E-state index contributed by atoms with van der Waals surface area (Å²) < 4.78 is 12.8. The molecule has 0 unspecified atom stereocenters. The molecule has 1 heterocycles. The van der Waals surface area contributed by atoms with Crippen molar-refractivity contribution in [2.24, 2.45) is 0 Å². The van der Waals surface area contributed by atoms with Crippen molar-refractivity contribution in [3.8, 4) is 0 Å². The maximum Gasteiger partial charge on any atom is 0.125 e. The van der Waals surface area contributed by atoms with Gasteiger partial charge < -0.3 is 10.2 Å². The summed E-state index contributed by atoms with van der Waals surface area (Å²) in [6, 6.07) is 4.82. The quantitative estimate of drug-likeness (QED) is 0.631. The van der Waals surface area contributed by atoms with Crippen molar-refractivity contribution in [2.75, 3.05) is 30.4 Å². The van der Waals surface area contributed by atoms with Gasteiger partial charge in [0.2, 0.25) is 0 Å². The van der Waals surface area contributed by atoms with Gasteiger partial charge in [0.05, 0.1) is 11.4 Å². The van der Waals surface area contributed by atoms with Gasteiger partial charge in [-0.3, -0.25) is 0 Å². The first-order chi connectivity index (χ1) is 5.77. The number of fused-ring (bicyclic) bond motifs is 1. The molecule has 0 fully saturated rings. The van der Waals surface area contributed by atoms with E-state index in [1.165, 1.54) is 12.1 Å². The van der Waals surface area contributed by atoms with Gasteiger partial charge in [-0.25, -0.2) is 4.39 Å². The molecular formula is C9H11FN2. The predicted octanol–water partition coefficient (Wildman–Crippen LogP) is 1.69. The Bertz CT molecular complexity index is 299. The Morgan fingerprint density at radius 2 is 2.33 bits per heavy atom. The fraction of sp³-hybridized carbons (Fsp3) is 0.333. The summed E-state index contributed by atoms with van der Waals surface area (Å²) in [5.74, 6) is -0.184. The Hall–Kier alpha value is -1.25. The highest BCUT2D eigenvalue weighted by Gasteiger charge is 2.12. The first-order valence-corrected chi connectivity index (χ1v) is 4.02. The van der Waals surface area contributed by atoms with E-state index in [4.69, 9.17) is 0 Å². The summed E-state index contributed by atoms with van der Waals surface area (Å²) in [5, 5.41) is 3.15. The van der Waals surface area contributed by atoms with Gasteiger partial charge >= 0.3 is 0 Å². The zero-order valence-electron chi connectivity index (χ0n) is 6.97. The number of likely N-dealkylation sites (N-methyl/N-ethyl adjacent to an activating group) is 1. The smallest absolute Gasteiger partial charge is 0.125 e. The molecule has 0 spiro atoms. The van der Waals surface area contributed by atoms with Crippen LogP contribution in [-0.2, 0) is 0 Å². The first kappa shape index (κ1) is 7.40. The van der Waals surface area contributed by atoms with E-state index in [1.807, 2.05) is 7.05 Å². The summed E-state index contributed by atoms with van der Waals surface area (Å²) in [4.78, 5) is 2.12. The lowest BCUT2D eigenvalue weighted by Gasteiger charge is -2.28. The molecule has 0 radical (unpaired) electrons. The van der Waals surface area contributed by atoms with E-state index in [1.54, 1.807) is 6.07 Å². The molecule has 0 saturated carbocycles. The number of hydrogen-bond donors (Lipinski definition) is 1. The van der Waals surface area contributed by atoms with Crippen molar-refractivity contribution in [1.82, 2.24) is 0 Å². The number of rotatable bonds is 0. The largest absolute Gasteiger partial charge is 0.382 e. The first-order valence-electron chi connectivity index (χ1n) is 4.02. The third kappa shape index (κ3) is 1.11. The Morgan fingerprint density at radius 3 is 3.17 bits per heavy atom. The van der Waals surface area contributed by atoms with Crippen molar-refractivity contribution < 1.29 is 4.39 Å². The molecule has 0 aliphatic carbocycles. The summed E-state index contributed by atoms with van der Waals surface area (Å²) in [5.41, 5.74) is 1.96. The Kier molecular flexibility index (Phi) is 1.64. The van der Waals surface area contributed by atoms with Crippen molar-refractivity contribution in [2.45, 2.75) is 0 Å². The van der Waals surface area contributed by atoms with Gasteiger partial charge in [-0.05, 0) is 18.2 Å². The van der Waals surface area contributed by atoms with Crippen LogP contribution in [0.5, 0.6) is 0 Å². The van der Waals surface area contributed by atoms with Gasteiger partial charge in [-0.2, -0.15) is 0 Å². The molecular weight excluding hydrogens is 155 g/mol. The maximum atomic E-state index is 12.8. The lowest BCUT2D eigenvalue weighted by molar-refractivity contribution is 0.627. The second-order valence-corrected chi connectivity index (χ2v) is 3.01. The van der Waals surface area contributed by atoms with Crippen LogP contribution in [0.1, 0.15) is 0 Å². The molecule has 0 aromatic heterocycles. The van der Waals surface area contributed by atoms with Gasteiger partial charge in [-0.1, -0.05) is 0 Å². The standard InChI is InChI=1S/C9H11FN2/c1-12-5-4-11-8-6-7(10)2-3-9(8)12/h2-3,6,11H,4-5H2,1H3. The molecule has 1 N–H and O–H groups in total. The van der Waals surface area contributed by atoms with Crippen molar-refractivity contribution in [1.29, 1.82) is 0 Å². The van der Waals surface area contributed by atoms with E-state index in [9.17, 15) is 4.39 Å². The lowest BCUT2D eigenvalue weighted by atomic mass is 10.2. The summed E-state index contributed by atoms with van der Waals surface area (Å²) >= 11 is 0. The van der Waals surface area contributed by atoms with Gasteiger partial charge in [0.1, 0.15) is 5.82 Å². The molecule has 1 aromatic carbocycles. The van der Waals surface area contributed by atoms with Crippen LogP contribution in [-0.4, -0.2) is 20.1 Å². The van der Waals surface area contributed by atoms with Gasteiger partial charge in [0.25, 0.3) is 0 Å². The van der Waals surface area contributed by atoms with E-state index in [2.05, 4.69) is 10.2 Å². The lowest BCUT2D eigenvalue weighted by Crippen LogP contribution is -2.30. The molecule has 1 aliphatic rings. The molecule has 2 rings (SSSR count). The van der Waals surface area contributed by atoms with E-state index in [0.717, 1.165) is 24.5 Å². The van der Waals surface area contributed by atoms with Crippen molar-refractivity contribution in [3.05, 3.63) is 24.0 Å². The maximum absolute atomic E-state index is 12.8. The molecule has 1 aliphatic heterocycles. The molecule has 0 amide bonds. The molecule has 0 saturated heterocycles. The van der Waals surface area contributed by atoms with Gasteiger partial charge in [0, 0.05) is 20.1 Å². The highest BCUT2D eigenvalue weighted by Crippen LogP contribution is 2.27. The summed E-state index contributed by atoms with van der Waals surface area (Å²) in [6.07, 6.45) is 0. The molecule has 64 valence electrons. The van der Waals surface area contributed by atoms with Crippen LogP contribution in [0.15, 0.2) is 18.2 Å². The molecule has 12 heavy (non-hydrogen) atoms.